The van der Waals surface area contributed by atoms with E-state index in [1.807, 2.05) is 30.3 Å². The van der Waals surface area contributed by atoms with Crippen molar-refractivity contribution >= 4 is 26.7 Å². The molecular formula is C15H11BrN2O. The Kier molecular flexibility index (Phi) is 3.27. The molecule has 19 heavy (non-hydrogen) atoms. The lowest BCUT2D eigenvalue weighted by molar-refractivity contribution is 0.219. The average Bonchev–Trinajstić information content (AvgIpc) is 2.47. The maximum absolute atomic E-state index is 10.3. The van der Waals surface area contributed by atoms with Gasteiger partial charge in [-0.2, -0.15) is 0 Å². The summed E-state index contributed by atoms with van der Waals surface area (Å²) < 4.78 is 1.05. The van der Waals surface area contributed by atoms with E-state index >= 15 is 0 Å². The van der Waals surface area contributed by atoms with Crippen molar-refractivity contribution in [2.45, 2.75) is 6.10 Å². The minimum Gasteiger partial charge on any atom is -0.384 e. The smallest absolute Gasteiger partial charge is 0.115 e. The van der Waals surface area contributed by atoms with E-state index < -0.39 is 6.10 Å². The van der Waals surface area contributed by atoms with Gasteiger partial charge in [0.05, 0.1) is 0 Å². The SMILES string of the molecule is OC(c1cncnc1)c1ccc2cc(Br)ccc2c1. The number of fused-ring (bicyclic) bond motifs is 1. The van der Waals surface area contributed by atoms with Gasteiger partial charge in [0.1, 0.15) is 12.4 Å². The van der Waals surface area contributed by atoms with Gasteiger partial charge >= 0.3 is 0 Å². The van der Waals surface area contributed by atoms with Crippen LogP contribution in [-0.4, -0.2) is 15.1 Å². The van der Waals surface area contributed by atoms with E-state index in [-0.39, 0.29) is 0 Å². The second-order valence-corrected chi connectivity index (χ2v) is 5.24. The predicted molar refractivity (Wildman–Crippen MR) is 77.7 cm³/mol. The number of aliphatic hydroxyl groups is 1. The summed E-state index contributed by atoms with van der Waals surface area (Å²) in [5.41, 5.74) is 1.53. The molecule has 0 spiro atoms. The molecule has 2 aromatic carbocycles. The number of hydrogen-bond donors (Lipinski definition) is 1. The fraction of sp³-hybridized carbons (Fsp3) is 0.0667. The van der Waals surface area contributed by atoms with Gasteiger partial charge in [-0.1, -0.05) is 34.1 Å². The number of benzene rings is 2. The summed E-state index contributed by atoms with van der Waals surface area (Å²) in [6.45, 7) is 0. The number of aliphatic hydroxyl groups excluding tert-OH is 1. The number of hydrogen-bond acceptors (Lipinski definition) is 3. The Morgan fingerprint density at radius 3 is 2.37 bits per heavy atom. The summed E-state index contributed by atoms with van der Waals surface area (Å²) in [5.74, 6) is 0. The van der Waals surface area contributed by atoms with Gasteiger partial charge in [0, 0.05) is 22.4 Å². The van der Waals surface area contributed by atoms with Gasteiger partial charge in [0.2, 0.25) is 0 Å². The standard InChI is InChI=1S/C15H11BrN2O/c16-14-4-3-10-5-12(2-1-11(10)6-14)15(19)13-7-17-9-18-8-13/h1-9,15,19H. The van der Waals surface area contributed by atoms with Gasteiger partial charge in [-0.05, 0) is 34.5 Å². The highest BCUT2D eigenvalue weighted by Crippen LogP contribution is 2.26. The second kappa shape index (κ2) is 5.07. The summed E-state index contributed by atoms with van der Waals surface area (Å²) in [6, 6.07) is 12.0. The molecule has 94 valence electrons. The van der Waals surface area contributed by atoms with Crippen LogP contribution in [0.5, 0.6) is 0 Å². The molecule has 0 aliphatic heterocycles. The van der Waals surface area contributed by atoms with Crippen LogP contribution in [0.25, 0.3) is 10.8 Å². The molecule has 0 aliphatic carbocycles. The van der Waals surface area contributed by atoms with E-state index in [0.717, 1.165) is 20.8 Å². The summed E-state index contributed by atoms with van der Waals surface area (Å²) in [7, 11) is 0. The molecule has 3 aromatic rings. The molecule has 4 heteroatoms. The Morgan fingerprint density at radius 2 is 1.58 bits per heavy atom. The zero-order chi connectivity index (χ0) is 13.2. The minimum absolute atomic E-state index is 0.693. The first kappa shape index (κ1) is 12.3. The summed E-state index contributed by atoms with van der Waals surface area (Å²) >= 11 is 3.45. The zero-order valence-corrected chi connectivity index (χ0v) is 11.6. The molecule has 0 amide bonds. The van der Waals surface area contributed by atoms with Crippen molar-refractivity contribution in [3.63, 3.8) is 0 Å². The molecular weight excluding hydrogens is 304 g/mol. The van der Waals surface area contributed by atoms with E-state index in [1.165, 1.54) is 6.33 Å². The van der Waals surface area contributed by atoms with Crippen molar-refractivity contribution in [1.82, 2.24) is 9.97 Å². The third-order valence-electron chi connectivity index (χ3n) is 3.04. The van der Waals surface area contributed by atoms with Crippen molar-refractivity contribution < 1.29 is 5.11 Å². The van der Waals surface area contributed by atoms with Crippen LogP contribution in [0.15, 0.2) is 59.6 Å². The molecule has 1 heterocycles. The minimum atomic E-state index is -0.700. The van der Waals surface area contributed by atoms with Gasteiger partial charge in [-0.3, -0.25) is 0 Å². The van der Waals surface area contributed by atoms with Crippen molar-refractivity contribution in [3.8, 4) is 0 Å². The quantitative estimate of drug-likeness (QED) is 0.787. The Balaban J connectivity index is 2.04. The van der Waals surface area contributed by atoms with Crippen LogP contribution in [0.1, 0.15) is 17.2 Å². The molecule has 0 saturated heterocycles. The lowest BCUT2D eigenvalue weighted by Crippen LogP contribution is -2.00. The molecule has 0 saturated carbocycles. The largest absolute Gasteiger partial charge is 0.384 e. The molecule has 1 aromatic heterocycles. The Labute approximate surface area is 119 Å². The first-order valence-electron chi connectivity index (χ1n) is 5.86. The molecule has 1 atom stereocenters. The van der Waals surface area contributed by atoms with E-state index in [1.54, 1.807) is 12.4 Å². The van der Waals surface area contributed by atoms with E-state index in [0.29, 0.717) is 5.56 Å². The van der Waals surface area contributed by atoms with Gasteiger partial charge in [-0.25, -0.2) is 9.97 Å². The number of nitrogens with zero attached hydrogens (tertiary/aromatic N) is 2. The fourth-order valence-electron chi connectivity index (χ4n) is 2.05. The fourth-order valence-corrected chi connectivity index (χ4v) is 2.43. The molecule has 3 rings (SSSR count). The normalized spacial score (nSPS) is 12.5. The van der Waals surface area contributed by atoms with Crippen LogP contribution in [0.2, 0.25) is 0 Å². The van der Waals surface area contributed by atoms with Gasteiger partial charge in [0.15, 0.2) is 0 Å². The number of aromatic nitrogens is 2. The van der Waals surface area contributed by atoms with Gasteiger partial charge in [-0.15, -0.1) is 0 Å². The van der Waals surface area contributed by atoms with Crippen molar-refractivity contribution in [3.05, 3.63) is 70.7 Å². The molecule has 3 nitrogen and oxygen atoms in total. The van der Waals surface area contributed by atoms with Crippen LogP contribution < -0.4 is 0 Å². The second-order valence-electron chi connectivity index (χ2n) is 4.33. The summed E-state index contributed by atoms with van der Waals surface area (Å²) in [5, 5.41) is 12.5. The van der Waals surface area contributed by atoms with Gasteiger partial charge < -0.3 is 5.11 Å². The third-order valence-corrected chi connectivity index (χ3v) is 3.53. The monoisotopic (exact) mass is 314 g/mol. The topological polar surface area (TPSA) is 46.0 Å². The van der Waals surface area contributed by atoms with Gasteiger partial charge in [0.25, 0.3) is 0 Å². The van der Waals surface area contributed by atoms with Crippen LogP contribution in [0, 0.1) is 0 Å². The Morgan fingerprint density at radius 1 is 0.895 bits per heavy atom. The molecule has 1 N–H and O–H groups in total. The van der Waals surface area contributed by atoms with E-state index in [9.17, 15) is 5.11 Å². The third kappa shape index (κ3) is 2.50. The highest BCUT2D eigenvalue weighted by molar-refractivity contribution is 9.10. The maximum atomic E-state index is 10.3. The highest BCUT2D eigenvalue weighted by atomic mass is 79.9. The van der Waals surface area contributed by atoms with Crippen LogP contribution >= 0.6 is 15.9 Å². The molecule has 0 aliphatic rings. The average molecular weight is 315 g/mol. The molecule has 1 unspecified atom stereocenters. The van der Waals surface area contributed by atoms with Crippen molar-refractivity contribution in [2.24, 2.45) is 0 Å². The zero-order valence-electron chi connectivity index (χ0n) is 9.99. The van der Waals surface area contributed by atoms with Crippen LogP contribution in [0.3, 0.4) is 0 Å². The lowest BCUT2D eigenvalue weighted by Gasteiger charge is -2.11. The molecule has 0 fully saturated rings. The molecule has 0 radical (unpaired) electrons. The van der Waals surface area contributed by atoms with Crippen molar-refractivity contribution in [2.75, 3.05) is 0 Å². The number of halogens is 1. The Bertz CT molecular complexity index is 716. The first-order chi connectivity index (χ1) is 9.24. The lowest BCUT2D eigenvalue weighted by atomic mass is 10.0. The molecule has 0 bridgehead atoms. The van der Waals surface area contributed by atoms with E-state index in [4.69, 9.17) is 0 Å². The Hall–Kier alpha value is -1.78. The highest BCUT2D eigenvalue weighted by Gasteiger charge is 2.11. The summed E-state index contributed by atoms with van der Waals surface area (Å²) in [4.78, 5) is 7.86. The predicted octanol–water partition coefficient (Wildman–Crippen LogP) is 3.47. The maximum Gasteiger partial charge on any atom is 0.115 e. The van der Waals surface area contributed by atoms with Crippen LogP contribution in [-0.2, 0) is 0 Å². The first-order valence-corrected chi connectivity index (χ1v) is 6.65. The van der Waals surface area contributed by atoms with Crippen molar-refractivity contribution in [1.29, 1.82) is 0 Å². The number of rotatable bonds is 2. The van der Waals surface area contributed by atoms with E-state index in [2.05, 4.69) is 32.0 Å². The van der Waals surface area contributed by atoms with Crippen LogP contribution in [0.4, 0.5) is 0 Å². The summed E-state index contributed by atoms with van der Waals surface area (Å²) in [6.07, 6.45) is 4.01.